The van der Waals surface area contributed by atoms with E-state index in [0.29, 0.717) is 0 Å². The second-order valence-corrected chi connectivity index (χ2v) is 5.27. The molecule has 0 radical (unpaired) electrons. The third-order valence-corrected chi connectivity index (χ3v) is 3.55. The summed E-state index contributed by atoms with van der Waals surface area (Å²) in [6.45, 7) is -1.43. The molecule has 22 heavy (non-hydrogen) atoms. The molecule has 0 atom stereocenters. The molecule has 0 saturated heterocycles. The van der Waals surface area contributed by atoms with Gasteiger partial charge < -0.3 is 10.6 Å². The van der Waals surface area contributed by atoms with Crippen LogP contribution in [-0.2, 0) is 15.0 Å². The van der Waals surface area contributed by atoms with Crippen molar-refractivity contribution in [2.75, 3.05) is 13.1 Å². The van der Waals surface area contributed by atoms with Crippen LogP contribution in [0.1, 0.15) is 18.4 Å². The number of rotatable bonds is 4. The van der Waals surface area contributed by atoms with Crippen LogP contribution in [-0.4, -0.2) is 31.1 Å². The van der Waals surface area contributed by atoms with Crippen molar-refractivity contribution >= 4 is 11.8 Å². The lowest BCUT2D eigenvalue weighted by molar-refractivity contribution is -0.146. The van der Waals surface area contributed by atoms with Crippen LogP contribution in [0.15, 0.2) is 24.3 Å². The highest BCUT2D eigenvalue weighted by Crippen LogP contribution is 2.47. The van der Waals surface area contributed by atoms with E-state index in [4.69, 9.17) is 0 Å². The van der Waals surface area contributed by atoms with E-state index in [-0.39, 0.29) is 17.8 Å². The molecule has 4 nitrogen and oxygen atoms in total. The maximum absolute atomic E-state index is 12.9. The SMILES string of the molecule is O=C(NCC(F)(F)F)C(=O)NCC1(c2ccc(F)cc2)CC1. The number of hydrogen-bond donors (Lipinski definition) is 2. The predicted octanol–water partition coefficient (Wildman–Crippen LogP) is 1.65. The Kier molecular flexibility index (Phi) is 4.39. The van der Waals surface area contributed by atoms with Gasteiger partial charge >= 0.3 is 18.0 Å². The van der Waals surface area contributed by atoms with Gasteiger partial charge in [-0.05, 0) is 30.5 Å². The third kappa shape index (κ3) is 4.19. The largest absolute Gasteiger partial charge is 0.405 e. The fourth-order valence-electron chi connectivity index (χ4n) is 2.11. The zero-order valence-electron chi connectivity index (χ0n) is 11.5. The summed E-state index contributed by atoms with van der Waals surface area (Å²) in [5, 5.41) is 3.82. The normalized spacial score (nSPS) is 16.0. The molecule has 0 aromatic heterocycles. The minimum Gasteiger partial charge on any atom is -0.347 e. The minimum atomic E-state index is -4.57. The summed E-state index contributed by atoms with van der Waals surface area (Å²) in [7, 11) is 0. The first kappa shape index (κ1) is 16.3. The molecule has 0 aliphatic heterocycles. The molecule has 1 aliphatic carbocycles. The number of hydrogen-bond acceptors (Lipinski definition) is 2. The molecule has 1 aliphatic rings. The van der Waals surface area contributed by atoms with E-state index in [0.717, 1.165) is 18.4 Å². The highest BCUT2D eigenvalue weighted by molar-refractivity contribution is 6.35. The van der Waals surface area contributed by atoms with Crippen molar-refractivity contribution < 1.29 is 27.2 Å². The van der Waals surface area contributed by atoms with Crippen LogP contribution in [0.5, 0.6) is 0 Å². The molecule has 2 N–H and O–H groups in total. The van der Waals surface area contributed by atoms with Crippen LogP contribution in [0.2, 0.25) is 0 Å². The van der Waals surface area contributed by atoms with Crippen molar-refractivity contribution in [2.24, 2.45) is 0 Å². The van der Waals surface area contributed by atoms with Gasteiger partial charge in [-0.1, -0.05) is 12.1 Å². The molecule has 1 aromatic rings. The van der Waals surface area contributed by atoms with Gasteiger partial charge in [0.2, 0.25) is 0 Å². The molecular formula is C14H14F4N2O2. The number of carbonyl (C=O) groups is 2. The topological polar surface area (TPSA) is 58.2 Å². The summed E-state index contributed by atoms with van der Waals surface area (Å²) >= 11 is 0. The average Bonchev–Trinajstić information content (AvgIpc) is 3.23. The fraction of sp³-hybridized carbons (Fsp3) is 0.429. The second kappa shape index (κ2) is 5.94. The first-order chi connectivity index (χ1) is 10.2. The second-order valence-electron chi connectivity index (χ2n) is 5.27. The van der Waals surface area contributed by atoms with Gasteiger partial charge in [-0.25, -0.2) is 4.39 Å². The lowest BCUT2D eigenvalue weighted by Gasteiger charge is -2.16. The first-order valence-electron chi connectivity index (χ1n) is 6.61. The van der Waals surface area contributed by atoms with Gasteiger partial charge in [0, 0.05) is 12.0 Å². The van der Waals surface area contributed by atoms with Crippen molar-refractivity contribution in [3.8, 4) is 0 Å². The van der Waals surface area contributed by atoms with Crippen molar-refractivity contribution in [2.45, 2.75) is 24.4 Å². The first-order valence-corrected chi connectivity index (χ1v) is 6.61. The summed E-state index contributed by atoms with van der Waals surface area (Å²) in [5.41, 5.74) is 0.457. The predicted molar refractivity (Wildman–Crippen MR) is 69.4 cm³/mol. The van der Waals surface area contributed by atoms with Gasteiger partial charge in [0.1, 0.15) is 12.4 Å². The van der Waals surface area contributed by atoms with Crippen LogP contribution < -0.4 is 10.6 Å². The number of nitrogens with one attached hydrogen (secondary N) is 2. The van der Waals surface area contributed by atoms with Crippen molar-refractivity contribution in [1.29, 1.82) is 0 Å². The minimum absolute atomic E-state index is 0.122. The number of alkyl halides is 3. The lowest BCUT2D eigenvalue weighted by atomic mass is 9.96. The molecule has 2 rings (SSSR count). The van der Waals surface area contributed by atoms with Crippen molar-refractivity contribution in [3.05, 3.63) is 35.6 Å². The van der Waals surface area contributed by atoms with E-state index < -0.39 is 24.5 Å². The molecular weight excluding hydrogens is 304 g/mol. The van der Waals surface area contributed by atoms with Gasteiger partial charge in [-0.3, -0.25) is 9.59 Å². The van der Waals surface area contributed by atoms with Crippen LogP contribution in [0.25, 0.3) is 0 Å². The molecule has 0 unspecified atom stereocenters. The Morgan fingerprint density at radius 1 is 1.05 bits per heavy atom. The van der Waals surface area contributed by atoms with Crippen LogP contribution in [0.3, 0.4) is 0 Å². The Morgan fingerprint density at radius 2 is 1.59 bits per heavy atom. The Bertz CT molecular complexity index is 565. The van der Waals surface area contributed by atoms with E-state index in [1.165, 1.54) is 17.4 Å². The zero-order valence-corrected chi connectivity index (χ0v) is 11.5. The summed E-state index contributed by atoms with van der Waals surface area (Å²) in [6.07, 6.45) is -3.06. The van der Waals surface area contributed by atoms with E-state index in [9.17, 15) is 27.2 Å². The summed E-state index contributed by atoms with van der Waals surface area (Å²) < 4.78 is 48.7. The monoisotopic (exact) mass is 318 g/mol. The highest BCUT2D eigenvalue weighted by atomic mass is 19.4. The Morgan fingerprint density at radius 3 is 2.09 bits per heavy atom. The smallest absolute Gasteiger partial charge is 0.347 e. The number of benzene rings is 1. The van der Waals surface area contributed by atoms with Gasteiger partial charge in [0.15, 0.2) is 0 Å². The maximum atomic E-state index is 12.9. The number of halogens is 4. The van der Waals surface area contributed by atoms with Crippen LogP contribution >= 0.6 is 0 Å². The molecule has 120 valence electrons. The standard InChI is InChI=1S/C14H14F4N2O2/c15-10-3-1-9(2-4-10)13(5-6-13)7-19-11(21)12(22)20-8-14(16,17)18/h1-4H,5-8H2,(H,19,21)(H,20,22). The number of amides is 2. The van der Waals surface area contributed by atoms with E-state index >= 15 is 0 Å². The van der Waals surface area contributed by atoms with Crippen molar-refractivity contribution in [3.63, 3.8) is 0 Å². The maximum Gasteiger partial charge on any atom is 0.405 e. The van der Waals surface area contributed by atoms with E-state index in [2.05, 4.69) is 5.32 Å². The summed E-state index contributed by atoms with van der Waals surface area (Å²) in [6, 6.07) is 5.79. The third-order valence-electron chi connectivity index (χ3n) is 3.55. The molecule has 8 heteroatoms. The average molecular weight is 318 g/mol. The fourth-order valence-corrected chi connectivity index (χ4v) is 2.11. The molecule has 2 amide bonds. The highest BCUT2D eigenvalue weighted by Gasteiger charge is 2.44. The Hall–Kier alpha value is -2.12. The van der Waals surface area contributed by atoms with Gasteiger partial charge in [0.05, 0.1) is 0 Å². The Balaban J connectivity index is 1.86. The van der Waals surface area contributed by atoms with E-state index in [1.54, 1.807) is 12.1 Å². The quantitative estimate of drug-likeness (QED) is 0.655. The van der Waals surface area contributed by atoms with Gasteiger partial charge in [-0.15, -0.1) is 0 Å². The lowest BCUT2D eigenvalue weighted by Crippen LogP contribution is -2.45. The Labute approximate surface area is 123 Å². The van der Waals surface area contributed by atoms with Crippen LogP contribution in [0.4, 0.5) is 17.6 Å². The molecule has 1 saturated carbocycles. The molecule has 1 aromatic carbocycles. The molecule has 1 fully saturated rings. The molecule has 0 heterocycles. The number of carbonyl (C=O) groups excluding carboxylic acids is 2. The van der Waals surface area contributed by atoms with Gasteiger partial charge in [-0.2, -0.15) is 13.2 Å². The van der Waals surface area contributed by atoms with Crippen molar-refractivity contribution in [1.82, 2.24) is 10.6 Å². The van der Waals surface area contributed by atoms with Gasteiger partial charge in [0.25, 0.3) is 0 Å². The summed E-state index contributed by atoms with van der Waals surface area (Å²) in [4.78, 5) is 22.7. The molecule has 0 spiro atoms. The van der Waals surface area contributed by atoms with Crippen LogP contribution in [0, 0.1) is 5.82 Å². The summed E-state index contributed by atoms with van der Waals surface area (Å²) in [5.74, 6) is -2.82. The zero-order chi connectivity index (χ0) is 16.4. The van der Waals surface area contributed by atoms with E-state index in [1.807, 2.05) is 0 Å². The molecule has 0 bridgehead atoms.